The van der Waals surface area contributed by atoms with E-state index in [9.17, 15) is 14.4 Å². The summed E-state index contributed by atoms with van der Waals surface area (Å²) >= 11 is 0.816. The molecule has 2 aromatic rings. The zero-order valence-corrected chi connectivity index (χ0v) is 17.6. The van der Waals surface area contributed by atoms with Crippen LogP contribution in [0.1, 0.15) is 16.7 Å². The summed E-state index contributed by atoms with van der Waals surface area (Å²) in [7, 11) is 0. The van der Waals surface area contributed by atoms with E-state index in [0.717, 1.165) is 33.4 Å². The number of benzene rings is 2. The molecule has 1 aliphatic rings. The molecule has 0 aromatic heterocycles. The minimum absolute atomic E-state index is 0.264. The highest BCUT2D eigenvalue weighted by Gasteiger charge is 2.36. The molecule has 3 rings (SSSR count). The predicted molar refractivity (Wildman–Crippen MR) is 119 cm³/mol. The van der Waals surface area contributed by atoms with E-state index in [4.69, 9.17) is 4.74 Å². The first-order chi connectivity index (χ1) is 14.4. The summed E-state index contributed by atoms with van der Waals surface area (Å²) in [4.78, 5) is 38.6. The average molecular weight is 423 g/mol. The van der Waals surface area contributed by atoms with Crippen LogP contribution in [-0.4, -0.2) is 35.1 Å². The lowest BCUT2D eigenvalue weighted by molar-refractivity contribution is -0.127. The van der Waals surface area contributed by atoms with Crippen LogP contribution in [0.25, 0.3) is 6.08 Å². The molecule has 1 fully saturated rings. The number of amides is 3. The number of nitrogens with zero attached hydrogens (tertiary/aromatic N) is 1. The van der Waals surface area contributed by atoms with E-state index in [-0.39, 0.29) is 11.4 Å². The number of carbonyl (C=O) groups excluding carboxylic acids is 3. The second-order valence-corrected chi connectivity index (χ2v) is 7.80. The van der Waals surface area contributed by atoms with E-state index in [1.165, 1.54) is 0 Å². The van der Waals surface area contributed by atoms with Crippen molar-refractivity contribution in [3.63, 3.8) is 0 Å². The van der Waals surface area contributed by atoms with E-state index in [1.54, 1.807) is 30.4 Å². The first-order valence-electron chi connectivity index (χ1n) is 9.33. The molecular weight excluding hydrogens is 400 g/mol. The number of thioether (sulfide) groups is 1. The Labute approximate surface area is 179 Å². The number of aryl methyl sites for hydroxylation is 2. The predicted octanol–water partition coefficient (Wildman–Crippen LogP) is 4.54. The van der Waals surface area contributed by atoms with Gasteiger partial charge >= 0.3 is 0 Å². The van der Waals surface area contributed by atoms with Gasteiger partial charge in [0.05, 0.1) is 4.91 Å². The van der Waals surface area contributed by atoms with Crippen LogP contribution >= 0.6 is 11.8 Å². The quantitative estimate of drug-likeness (QED) is 0.524. The van der Waals surface area contributed by atoms with Crippen LogP contribution in [0.4, 0.5) is 10.5 Å². The van der Waals surface area contributed by atoms with Crippen LogP contribution < -0.4 is 10.1 Å². The molecule has 154 valence electrons. The zero-order valence-electron chi connectivity index (χ0n) is 16.8. The molecule has 1 N–H and O–H groups in total. The first-order valence-corrected chi connectivity index (χ1v) is 10.2. The van der Waals surface area contributed by atoms with Gasteiger partial charge in [-0.25, -0.2) is 0 Å². The smallest absolute Gasteiger partial charge is 0.294 e. The van der Waals surface area contributed by atoms with Crippen LogP contribution in [0.5, 0.6) is 5.75 Å². The third-order valence-corrected chi connectivity index (χ3v) is 5.27. The Morgan fingerprint density at radius 3 is 2.77 bits per heavy atom. The maximum absolute atomic E-state index is 12.7. The number of nitrogens with one attached hydrogen (secondary N) is 1. The van der Waals surface area contributed by atoms with E-state index in [1.807, 2.05) is 38.1 Å². The number of ether oxygens (including phenoxy) is 1. The van der Waals surface area contributed by atoms with Gasteiger partial charge in [-0.3, -0.25) is 19.3 Å². The number of imide groups is 1. The third kappa shape index (κ3) is 5.18. The van der Waals surface area contributed by atoms with Gasteiger partial charge < -0.3 is 10.1 Å². The van der Waals surface area contributed by atoms with Gasteiger partial charge in [0.15, 0.2) is 0 Å². The van der Waals surface area contributed by atoms with Crippen molar-refractivity contribution in [3.05, 3.63) is 76.7 Å². The third-order valence-electron chi connectivity index (χ3n) is 4.37. The molecule has 0 radical (unpaired) electrons. The van der Waals surface area contributed by atoms with Crippen molar-refractivity contribution < 1.29 is 19.1 Å². The second-order valence-electron chi connectivity index (χ2n) is 6.81. The largest absolute Gasteiger partial charge is 0.490 e. The molecule has 0 unspecified atom stereocenters. The maximum atomic E-state index is 12.7. The van der Waals surface area contributed by atoms with Gasteiger partial charge in [0, 0.05) is 5.69 Å². The van der Waals surface area contributed by atoms with E-state index < -0.39 is 17.1 Å². The normalized spacial score (nSPS) is 14.9. The van der Waals surface area contributed by atoms with Crippen molar-refractivity contribution in [1.29, 1.82) is 0 Å². The molecule has 0 aliphatic carbocycles. The van der Waals surface area contributed by atoms with Crippen molar-refractivity contribution in [1.82, 2.24) is 4.90 Å². The lowest BCUT2D eigenvalue weighted by Crippen LogP contribution is -2.36. The molecule has 1 aliphatic heterocycles. The van der Waals surface area contributed by atoms with Crippen LogP contribution in [0.3, 0.4) is 0 Å². The summed E-state index contributed by atoms with van der Waals surface area (Å²) in [5.74, 6) is -0.276. The molecule has 7 heteroatoms. The van der Waals surface area contributed by atoms with Gasteiger partial charge in [-0.2, -0.15) is 0 Å². The van der Waals surface area contributed by atoms with Crippen molar-refractivity contribution >= 4 is 40.6 Å². The minimum Gasteiger partial charge on any atom is -0.490 e. The molecule has 1 saturated heterocycles. The van der Waals surface area contributed by atoms with Crippen LogP contribution in [0.15, 0.2) is 60.0 Å². The zero-order chi connectivity index (χ0) is 21.7. The number of rotatable bonds is 7. The number of hydrogen-bond donors (Lipinski definition) is 1. The molecule has 0 spiro atoms. The Hall–Kier alpha value is -3.32. The van der Waals surface area contributed by atoms with Gasteiger partial charge in [0.2, 0.25) is 5.91 Å². The molecule has 1 heterocycles. The topological polar surface area (TPSA) is 75.7 Å². The Bertz CT molecular complexity index is 1050. The lowest BCUT2D eigenvalue weighted by atomic mass is 10.1. The Kier molecular flexibility index (Phi) is 6.74. The molecular formula is C23H22N2O4S. The molecule has 0 atom stereocenters. The van der Waals surface area contributed by atoms with Gasteiger partial charge in [-0.05, 0) is 66.6 Å². The van der Waals surface area contributed by atoms with E-state index in [0.29, 0.717) is 18.0 Å². The van der Waals surface area contributed by atoms with Gasteiger partial charge in [0.1, 0.15) is 18.9 Å². The molecule has 2 aromatic carbocycles. The van der Waals surface area contributed by atoms with E-state index in [2.05, 4.69) is 11.9 Å². The summed E-state index contributed by atoms with van der Waals surface area (Å²) in [5.41, 5.74) is 3.30. The fourth-order valence-corrected chi connectivity index (χ4v) is 3.68. The monoisotopic (exact) mass is 422 g/mol. The summed E-state index contributed by atoms with van der Waals surface area (Å²) in [6.07, 6.45) is 3.26. The van der Waals surface area contributed by atoms with E-state index >= 15 is 0 Å². The van der Waals surface area contributed by atoms with Crippen LogP contribution in [0, 0.1) is 13.8 Å². The van der Waals surface area contributed by atoms with Crippen molar-refractivity contribution in [2.75, 3.05) is 18.5 Å². The standard InChI is InChI=1S/C23H22N2O4S/c1-4-10-29-18-7-5-6-17(12-18)13-20-22(27)25(23(28)30-20)14-21(26)24-19-11-15(2)8-9-16(19)3/h4-9,11-13H,1,10,14H2,2-3H3,(H,24,26)/b20-13+. The molecule has 3 amide bonds. The number of anilines is 1. The van der Waals surface area contributed by atoms with Gasteiger partial charge in [-0.1, -0.05) is 36.9 Å². The maximum Gasteiger partial charge on any atom is 0.294 e. The number of carbonyl (C=O) groups is 3. The fourth-order valence-electron chi connectivity index (χ4n) is 2.84. The van der Waals surface area contributed by atoms with Crippen molar-refractivity contribution in [2.24, 2.45) is 0 Å². The Balaban J connectivity index is 1.70. The highest BCUT2D eigenvalue weighted by atomic mass is 32.2. The summed E-state index contributed by atoms with van der Waals surface area (Å²) in [6, 6.07) is 12.9. The average Bonchev–Trinajstić information content (AvgIpc) is 2.97. The minimum atomic E-state index is -0.487. The Morgan fingerprint density at radius 2 is 2.00 bits per heavy atom. The summed E-state index contributed by atoms with van der Waals surface area (Å²) in [6.45, 7) is 7.45. The van der Waals surface area contributed by atoms with Crippen molar-refractivity contribution in [3.8, 4) is 5.75 Å². The molecule has 30 heavy (non-hydrogen) atoms. The van der Waals surface area contributed by atoms with Crippen LogP contribution in [-0.2, 0) is 9.59 Å². The molecule has 6 nitrogen and oxygen atoms in total. The lowest BCUT2D eigenvalue weighted by Gasteiger charge is -2.14. The fraction of sp³-hybridized carbons (Fsp3) is 0.174. The second kappa shape index (κ2) is 9.45. The highest BCUT2D eigenvalue weighted by molar-refractivity contribution is 8.18. The SMILES string of the molecule is C=CCOc1cccc(/C=C2/SC(=O)N(CC(=O)Nc3cc(C)ccc3C)C2=O)c1. The summed E-state index contributed by atoms with van der Waals surface area (Å²) in [5, 5.41) is 2.30. The van der Waals surface area contributed by atoms with Gasteiger partial charge in [0.25, 0.3) is 11.1 Å². The summed E-state index contributed by atoms with van der Waals surface area (Å²) < 4.78 is 5.49. The van der Waals surface area contributed by atoms with Crippen LogP contribution in [0.2, 0.25) is 0 Å². The molecule has 0 bridgehead atoms. The first kappa shape index (κ1) is 21.4. The number of hydrogen-bond acceptors (Lipinski definition) is 5. The Morgan fingerprint density at radius 1 is 1.20 bits per heavy atom. The highest BCUT2D eigenvalue weighted by Crippen LogP contribution is 2.32. The molecule has 0 saturated carbocycles. The van der Waals surface area contributed by atoms with Crippen molar-refractivity contribution in [2.45, 2.75) is 13.8 Å². The van der Waals surface area contributed by atoms with Gasteiger partial charge in [-0.15, -0.1) is 0 Å².